The highest BCUT2D eigenvalue weighted by Crippen LogP contribution is 2.31. The van der Waals surface area contributed by atoms with Crippen molar-refractivity contribution in [1.29, 1.82) is 0 Å². The van der Waals surface area contributed by atoms with Crippen LogP contribution in [0.5, 0.6) is 0 Å². The van der Waals surface area contributed by atoms with E-state index in [2.05, 4.69) is 15.9 Å². The van der Waals surface area contributed by atoms with E-state index in [0.29, 0.717) is 16.3 Å². The molecule has 0 unspecified atom stereocenters. The second-order valence-electron chi connectivity index (χ2n) is 3.85. The summed E-state index contributed by atoms with van der Waals surface area (Å²) in [4.78, 5) is 23.4. The van der Waals surface area contributed by atoms with Gasteiger partial charge in [0.15, 0.2) is 5.76 Å². The van der Waals surface area contributed by atoms with E-state index >= 15 is 0 Å². The minimum atomic E-state index is -0.637. The van der Waals surface area contributed by atoms with Gasteiger partial charge in [0.25, 0.3) is 0 Å². The Kier molecular flexibility index (Phi) is 4.62. The predicted molar refractivity (Wildman–Crippen MR) is 78.1 cm³/mol. The third-order valence-electron chi connectivity index (χ3n) is 2.48. The lowest BCUT2D eigenvalue weighted by Crippen LogP contribution is -2.08. The Morgan fingerprint density at radius 2 is 2.00 bits per heavy atom. The maximum atomic E-state index is 11.9. The lowest BCUT2D eigenvalue weighted by atomic mass is 10.2. The third kappa shape index (κ3) is 3.11. The summed E-state index contributed by atoms with van der Waals surface area (Å²) < 4.78 is 10.2. The number of esters is 1. The van der Waals surface area contributed by atoms with E-state index in [4.69, 9.17) is 21.1 Å². The molecule has 0 amide bonds. The van der Waals surface area contributed by atoms with Gasteiger partial charge < -0.3 is 9.47 Å². The largest absolute Gasteiger partial charge is 0.462 e. The molecule has 6 heteroatoms. The summed E-state index contributed by atoms with van der Waals surface area (Å²) in [5.41, 5.74) is 0.696. The van der Waals surface area contributed by atoms with Gasteiger partial charge >= 0.3 is 5.97 Å². The first-order valence-corrected chi connectivity index (χ1v) is 6.96. The van der Waals surface area contributed by atoms with Gasteiger partial charge in [-0.2, -0.15) is 0 Å². The van der Waals surface area contributed by atoms with Gasteiger partial charge in [-0.15, -0.1) is 0 Å². The van der Waals surface area contributed by atoms with Gasteiger partial charge in [-0.3, -0.25) is 4.79 Å². The van der Waals surface area contributed by atoms with E-state index in [-0.39, 0.29) is 16.8 Å². The van der Waals surface area contributed by atoms with E-state index in [1.54, 1.807) is 31.2 Å². The van der Waals surface area contributed by atoms with Crippen molar-refractivity contribution in [2.24, 2.45) is 0 Å². The van der Waals surface area contributed by atoms with Crippen molar-refractivity contribution in [3.8, 4) is 0 Å². The number of ether oxygens (including phenoxy) is 2. The highest BCUT2D eigenvalue weighted by atomic mass is 79.9. The van der Waals surface area contributed by atoms with Crippen LogP contribution >= 0.6 is 27.5 Å². The molecular formula is C14H10BrClO4. The van der Waals surface area contributed by atoms with Crippen molar-refractivity contribution >= 4 is 45.0 Å². The highest BCUT2D eigenvalue weighted by Gasteiger charge is 2.28. The highest BCUT2D eigenvalue weighted by molar-refractivity contribution is 9.12. The summed E-state index contributed by atoms with van der Waals surface area (Å²) in [5, 5.41) is 0.585. The summed E-state index contributed by atoms with van der Waals surface area (Å²) in [5.74, 6) is -0.743. The molecule has 1 heterocycles. The molecule has 0 atom stereocenters. The zero-order valence-corrected chi connectivity index (χ0v) is 12.8. The lowest BCUT2D eigenvalue weighted by Gasteiger charge is -2.06. The number of rotatable bonds is 3. The molecule has 0 fully saturated rings. The zero-order chi connectivity index (χ0) is 14.7. The van der Waals surface area contributed by atoms with Crippen molar-refractivity contribution in [2.45, 2.75) is 6.92 Å². The number of carbonyl (C=O) groups excluding carboxylic acids is 2. The van der Waals surface area contributed by atoms with Crippen LogP contribution in [0.2, 0.25) is 5.02 Å². The second kappa shape index (κ2) is 6.24. The molecule has 0 spiro atoms. The predicted octanol–water partition coefficient (Wildman–Crippen LogP) is 3.45. The fraction of sp³-hybridized carbons (Fsp3) is 0.143. The summed E-state index contributed by atoms with van der Waals surface area (Å²) in [6, 6.07) is 6.83. The van der Waals surface area contributed by atoms with Crippen LogP contribution in [-0.2, 0) is 19.1 Å². The zero-order valence-electron chi connectivity index (χ0n) is 10.5. The maximum Gasteiger partial charge on any atom is 0.349 e. The molecular weight excluding hydrogens is 348 g/mol. The summed E-state index contributed by atoms with van der Waals surface area (Å²) in [7, 11) is 0. The van der Waals surface area contributed by atoms with Crippen molar-refractivity contribution in [3.05, 3.63) is 51.2 Å². The van der Waals surface area contributed by atoms with Crippen LogP contribution in [0.1, 0.15) is 12.5 Å². The molecule has 1 aliphatic heterocycles. The number of halogens is 2. The summed E-state index contributed by atoms with van der Waals surface area (Å²) in [6.07, 6.45) is 1.32. The SMILES string of the molecule is CCOC(=O)/C(Br)=C1\OC(c2ccc(Cl)cc2)=CC1=O. The number of allylic oxidation sites excluding steroid dienone is 1. The van der Waals surface area contributed by atoms with Crippen LogP contribution in [0, 0.1) is 0 Å². The first-order chi connectivity index (χ1) is 9.52. The average molecular weight is 358 g/mol. The monoisotopic (exact) mass is 356 g/mol. The molecule has 20 heavy (non-hydrogen) atoms. The molecule has 104 valence electrons. The minimum Gasteiger partial charge on any atom is -0.462 e. The van der Waals surface area contributed by atoms with Crippen molar-refractivity contribution < 1.29 is 19.1 Å². The first kappa shape index (κ1) is 14.8. The minimum absolute atomic E-state index is 0.0236. The number of hydrogen-bond acceptors (Lipinski definition) is 4. The van der Waals surface area contributed by atoms with Crippen molar-refractivity contribution in [1.82, 2.24) is 0 Å². The number of benzene rings is 1. The number of carbonyl (C=O) groups is 2. The Morgan fingerprint density at radius 1 is 1.35 bits per heavy atom. The van der Waals surface area contributed by atoms with Gasteiger partial charge in [0.1, 0.15) is 10.2 Å². The third-order valence-corrected chi connectivity index (χ3v) is 3.42. The van der Waals surface area contributed by atoms with E-state index < -0.39 is 11.8 Å². The Labute approximate surface area is 129 Å². The quantitative estimate of drug-likeness (QED) is 0.614. The molecule has 0 N–H and O–H groups in total. The molecule has 0 aromatic heterocycles. The molecule has 0 saturated heterocycles. The molecule has 0 saturated carbocycles. The van der Waals surface area contributed by atoms with Gasteiger partial charge in [-0.1, -0.05) is 11.6 Å². The smallest absolute Gasteiger partial charge is 0.349 e. The van der Waals surface area contributed by atoms with Crippen LogP contribution in [0.25, 0.3) is 5.76 Å². The van der Waals surface area contributed by atoms with Gasteiger partial charge in [-0.05, 0) is 47.1 Å². The van der Waals surface area contributed by atoms with Crippen LogP contribution in [0.3, 0.4) is 0 Å². The van der Waals surface area contributed by atoms with Crippen LogP contribution < -0.4 is 0 Å². The van der Waals surface area contributed by atoms with Crippen molar-refractivity contribution in [3.63, 3.8) is 0 Å². The van der Waals surface area contributed by atoms with E-state index in [1.807, 2.05) is 0 Å². The number of ketones is 1. The van der Waals surface area contributed by atoms with Gasteiger partial charge in [-0.25, -0.2) is 4.79 Å². The van der Waals surface area contributed by atoms with Crippen LogP contribution in [-0.4, -0.2) is 18.4 Å². The van der Waals surface area contributed by atoms with Gasteiger partial charge in [0.05, 0.1) is 6.61 Å². The normalized spacial score (nSPS) is 16.6. The Hall–Kier alpha value is -1.59. The van der Waals surface area contributed by atoms with Crippen LogP contribution in [0.4, 0.5) is 0 Å². The Morgan fingerprint density at radius 3 is 2.60 bits per heavy atom. The van der Waals surface area contributed by atoms with E-state index in [0.717, 1.165) is 0 Å². The molecule has 2 rings (SSSR count). The topological polar surface area (TPSA) is 52.6 Å². The second-order valence-corrected chi connectivity index (χ2v) is 5.07. The molecule has 1 aromatic carbocycles. The number of hydrogen-bond donors (Lipinski definition) is 0. The molecule has 0 aliphatic carbocycles. The molecule has 1 aliphatic rings. The molecule has 0 bridgehead atoms. The summed E-state index contributed by atoms with van der Waals surface area (Å²) >= 11 is 8.83. The molecule has 4 nitrogen and oxygen atoms in total. The fourth-order valence-electron chi connectivity index (χ4n) is 1.57. The molecule has 0 radical (unpaired) electrons. The maximum absolute atomic E-state index is 11.9. The summed E-state index contributed by atoms with van der Waals surface area (Å²) in [6.45, 7) is 1.89. The average Bonchev–Trinajstić information content (AvgIpc) is 2.81. The Balaban J connectivity index is 2.25. The fourth-order valence-corrected chi connectivity index (χ4v) is 2.09. The standard InChI is InChI=1S/C14H10BrClO4/c1-2-19-14(18)12(15)13-10(17)7-11(20-13)8-3-5-9(16)6-4-8/h3-7H,2H2,1H3/b13-12+. The molecule has 1 aromatic rings. The van der Waals surface area contributed by atoms with Gasteiger partial charge in [0, 0.05) is 16.7 Å². The van der Waals surface area contributed by atoms with E-state index in [9.17, 15) is 9.59 Å². The Bertz CT molecular complexity index is 617. The van der Waals surface area contributed by atoms with Crippen molar-refractivity contribution in [2.75, 3.05) is 6.61 Å². The van der Waals surface area contributed by atoms with Gasteiger partial charge in [0.2, 0.25) is 5.78 Å². The van der Waals surface area contributed by atoms with Crippen LogP contribution in [0.15, 0.2) is 40.6 Å². The van der Waals surface area contributed by atoms with E-state index in [1.165, 1.54) is 6.08 Å². The first-order valence-electron chi connectivity index (χ1n) is 5.79. The lowest BCUT2D eigenvalue weighted by molar-refractivity contribution is -0.138.